The summed E-state index contributed by atoms with van der Waals surface area (Å²) in [6, 6.07) is 4.17. The molecule has 1 unspecified atom stereocenters. The first-order chi connectivity index (χ1) is 17.3. The van der Waals surface area contributed by atoms with Gasteiger partial charge in [-0.15, -0.1) is 5.10 Å². The number of aliphatic hydroxyl groups excluding tert-OH is 1. The van der Waals surface area contributed by atoms with Crippen molar-refractivity contribution < 1.29 is 18.3 Å². The summed E-state index contributed by atoms with van der Waals surface area (Å²) in [7, 11) is -3.88. The maximum absolute atomic E-state index is 13.6. The van der Waals surface area contributed by atoms with Gasteiger partial charge < -0.3 is 14.8 Å². The summed E-state index contributed by atoms with van der Waals surface area (Å²) in [5, 5.41) is 14.5. The summed E-state index contributed by atoms with van der Waals surface area (Å²) in [5.74, 6) is 1.66. The van der Waals surface area contributed by atoms with Gasteiger partial charge in [-0.1, -0.05) is 26.7 Å². The highest BCUT2D eigenvalue weighted by molar-refractivity contribution is 7.89. The predicted octanol–water partition coefficient (Wildman–Crippen LogP) is 3.62. The molecule has 1 atom stereocenters. The van der Waals surface area contributed by atoms with Gasteiger partial charge in [0.1, 0.15) is 11.6 Å². The van der Waals surface area contributed by atoms with Crippen molar-refractivity contribution in [1.29, 1.82) is 0 Å². The lowest BCUT2D eigenvalue weighted by molar-refractivity contribution is 0.155. The maximum atomic E-state index is 13.6. The van der Waals surface area contributed by atoms with Crippen molar-refractivity contribution in [2.45, 2.75) is 83.1 Å². The van der Waals surface area contributed by atoms with Gasteiger partial charge in [-0.2, -0.15) is 4.31 Å². The molecule has 37 heavy (non-hydrogen) atoms. The van der Waals surface area contributed by atoms with Crippen molar-refractivity contribution in [3.05, 3.63) is 40.1 Å². The van der Waals surface area contributed by atoms with Crippen LogP contribution in [0.25, 0.3) is 16.9 Å². The summed E-state index contributed by atoms with van der Waals surface area (Å²) in [6.07, 6.45) is 6.49. The van der Waals surface area contributed by atoms with E-state index >= 15 is 0 Å². The van der Waals surface area contributed by atoms with Gasteiger partial charge in [-0.05, 0) is 57.7 Å². The van der Waals surface area contributed by atoms with Crippen LogP contribution in [-0.4, -0.2) is 63.2 Å². The molecule has 3 heterocycles. The third-order valence-electron chi connectivity index (χ3n) is 7.32. The minimum atomic E-state index is -3.88. The molecule has 2 N–H and O–H groups in total. The molecular formula is C26H37N5O5S. The Morgan fingerprint density at radius 1 is 1.16 bits per heavy atom. The van der Waals surface area contributed by atoms with Crippen molar-refractivity contribution >= 4 is 15.5 Å². The Kier molecular flexibility index (Phi) is 8.05. The smallest absolute Gasteiger partial charge is 0.277 e. The summed E-state index contributed by atoms with van der Waals surface area (Å²) in [5.41, 5.74) is 1.08. The average molecular weight is 532 g/mol. The van der Waals surface area contributed by atoms with E-state index in [1.165, 1.54) is 16.4 Å². The number of aliphatic hydroxyl groups is 1. The largest absolute Gasteiger partial charge is 0.493 e. The second kappa shape index (κ2) is 10.9. The van der Waals surface area contributed by atoms with Gasteiger partial charge in [0.2, 0.25) is 10.0 Å². The quantitative estimate of drug-likeness (QED) is 0.476. The fraction of sp³-hybridized carbons (Fsp3) is 0.577. The molecule has 5 rings (SSSR count). The fourth-order valence-electron chi connectivity index (χ4n) is 5.51. The number of hydrogen-bond acceptors (Lipinski definition) is 7. The zero-order valence-corrected chi connectivity index (χ0v) is 21.6. The number of aromatic nitrogens is 4. The van der Waals surface area contributed by atoms with Crippen LogP contribution >= 0.6 is 0 Å². The van der Waals surface area contributed by atoms with Crippen molar-refractivity contribution in [2.75, 3.05) is 19.8 Å². The molecule has 0 radical (unpaired) electrons. The van der Waals surface area contributed by atoms with Gasteiger partial charge in [0.25, 0.3) is 5.56 Å². The molecule has 202 valence electrons. The lowest BCUT2D eigenvalue weighted by atomic mass is 10.1. The Balaban J connectivity index is 0.00000320. The summed E-state index contributed by atoms with van der Waals surface area (Å²) >= 11 is 0. The van der Waals surface area contributed by atoms with Crippen LogP contribution in [0, 0.1) is 6.92 Å². The van der Waals surface area contributed by atoms with Crippen LogP contribution in [0.5, 0.6) is 5.75 Å². The number of nitrogens with zero attached hydrogens (tertiary/aromatic N) is 4. The number of nitrogens with one attached hydrogen (secondary N) is 1. The molecule has 0 spiro atoms. The first-order valence-corrected chi connectivity index (χ1v) is 14.2. The number of hydrogen-bond donors (Lipinski definition) is 2. The number of piperidine rings is 1. The fourth-order valence-corrected chi connectivity index (χ4v) is 7.22. The third kappa shape index (κ3) is 4.92. The molecule has 10 nitrogen and oxygen atoms in total. The Labute approximate surface area is 217 Å². The Hall–Kier alpha value is -2.76. The van der Waals surface area contributed by atoms with Gasteiger partial charge in [-0.25, -0.2) is 17.9 Å². The van der Waals surface area contributed by atoms with Crippen LogP contribution in [0.15, 0.2) is 27.9 Å². The molecule has 1 aromatic carbocycles. The van der Waals surface area contributed by atoms with Gasteiger partial charge >= 0.3 is 0 Å². The van der Waals surface area contributed by atoms with Crippen LogP contribution in [0.2, 0.25) is 0 Å². The van der Waals surface area contributed by atoms with Crippen molar-refractivity contribution in [2.24, 2.45) is 0 Å². The highest BCUT2D eigenvalue weighted by atomic mass is 32.2. The van der Waals surface area contributed by atoms with Gasteiger partial charge in [-0.3, -0.25) is 4.79 Å². The van der Waals surface area contributed by atoms with Crippen LogP contribution in [0.3, 0.4) is 0 Å². The summed E-state index contributed by atoms with van der Waals surface area (Å²) < 4.78 is 36.0. The molecule has 0 bridgehead atoms. The van der Waals surface area contributed by atoms with Crippen molar-refractivity contribution in [3.8, 4) is 17.1 Å². The predicted molar refractivity (Wildman–Crippen MR) is 142 cm³/mol. The number of fused-ring (bicyclic) bond motifs is 1. The Morgan fingerprint density at radius 2 is 1.89 bits per heavy atom. The van der Waals surface area contributed by atoms with E-state index in [4.69, 9.17) is 9.84 Å². The molecule has 1 saturated heterocycles. The average Bonchev–Trinajstić information content (AvgIpc) is 3.52. The van der Waals surface area contributed by atoms with E-state index in [-0.39, 0.29) is 36.2 Å². The number of rotatable bonds is 7. The second-order valence-electron chi connectivity index (χ2n) is 9.64. The zero-order chi connectivity index (χ0) is 25.4. The lowest BCUT2D eigenvalue weighted by Crippen LogP contribution is -2.45. The van der Waals surface area contributed by atoms with Crippen LogP contribution in [0.1, 0.15) is 76.7 Å². The molecule has 1 saturated carbocycles. The maximum Gasteiger partial charge on any atom is 0.277 e. The van der Waals surface area contributed by atoms with Gasteiger partial charge in [0, 0.05) is 18.5 Å². The lowest BCUT2D eigenvalue weighted by Gasteiger charge is -2.33. The normalized spacial score (nSPS) is 19.3. The van der Waals surface area contributed by atoms with Crippen LogP contribution in [-0.2, 0) is 10.0 Å². The number of aromatic amines is 1. The molecule has 3 aromatic rings. The highest BCUT2D eigenvalue weighted by Gasteiger charge is 2.34. The molecule has 2 aliphatic rings. The van der Waals surface area contributed by atoms with E-state index in [1.807, 2.05) is 6.92 Å². The molecule has 1 aliphatic heterocycles. The Morgan fingerprint density at radius 3 is 2.59 bits per heavy atom. The highest BCUT2D eigenvalue weighted by Crippen LogP contribution is 2.35. The summed E-state index contributed by atoms with van der Waals surface area (Å²) in [4.78, 5) is 20.7. The summed E-state index contributed by atoms with van der Waals surface area (Å²) in [6.45, 7) is 4.14. The number of H-pyrrole nitrogens is 1. The first-order valence-electron chi connectivity index (χ1n) is 12.7. The monoisotopic (exact) mass is 531 g/mol. The standard InChI is InChI=1S/C25H33N5O5S.CH4/c1-3-35-21-12-11-19(36(33,34)29-13-7-6-10-18(29)15-31)14-20(21)23-27-25(32)22-16(2)26-24(30(22)28-23)17-8-4-5-9-17;/h11-12,14,17-18,31H,3-10,13,15H2,1-2H3,(H,27,28,32);1H4. The number of sulfonamides is 1. The van der Waals surface area contributed by atoms with E-state index in [0.717, 1.165) is 44.3 Å². The van der Waals surface area contributed by atoms with Gasteiger partial charge in [0.05, 0.1) is 29.4 Å². The van der Waals surface area contributed by atoms with E-state index in [0.29, 0.717) is 42.1 Å². The zero-order valence-electron chi connectivity index (χ0n) is 20.7. The molecule has 11 heteroatoms. The minimum absolute atomic E-state index is 0. The van der Waals surface area contributed by atoms with Crippen molar-refractivity contribution in [3.63, 3.8) is 0 Å². The molecule has 0 amide bonds. The second-order valence-corrected chi connectivity index (χ2v) is 11.5. The van der Waals surface area contributed by atoms with Crippen molar-refractivity contribution in [1.82, 2.24) is 23.9 Å². The van der Waals surface area contributed by atoms with E-state index < -0.39 is 16.1 Å². The van der Waals surface area contributed by atoms with E-state index in [2.05, 4.69) is 9.97 Å². The van der Waals surface area contributed by atoms with E-state index in [9.17, 15) is 18.3 Å². The topological polar surface area (TPSA) is 130 Å². The van der Waals surface area contributed by atoms with Crippen LogP contribution < -0.4 is 10.3 Å². The molecule has 1 aliphatic carbocycles. The third-order valence-corrected chi connectivity index (χ3v) is 9.27. The number of aryl methyl sites for hydroxylation is 1. The number of benzene rings is 1. The number of ether oxygens (including phenoxy) is 1. The molecule has 2 fully saturated rings. The van der Waals surface area contributed by atoms with Gasteiger partial charge in [0.15, 0.2) is 11.3 Å². The first kappa shape index (κ1) is 27.3. The molecular weight excluding hydrogens is 494 g/mol. The molecule has 2 aromatic heterocycles. The van der Waals surface area contributed by atoms with Crippen LogP contribution in [0.4, 0.5) is 0 Å². The minimum Gasteiger partial charge on any atom is -0.493 e. The van der Waals surface area contributed by atoms with E-state index in [1.54, 1.807) is 17.5 Å². The SMILES string of the molecule is C.CCOc1ccc(S(=O)(=O)N2CCCCC2CO)cc1-c1nn2c(C3CCCC3)nc(C)c2c(=O)[nH]1. The Bertz CT molecular complexity index is 1430. The number of imidazole rings is 1.